The van der Waals surface area contributed by atoms with Gasteiger partial charge in [-0.3, -0.25) is 4.79 Å². The lowest BCUT2D eigenvalue weighted by Gasteiger charge is -2.38. The number of fused-ring (bicyclic) bond motifs is 2. The average Bonchev–Trinajstić information content (AvgIpc) is 3.37. The summed E-state index contributed by atoms with van der Waals surface area (Å²) in [5.41, 5.74) is 1.94. The Bertz CT molecular complexity index is 1260. The highest BCUT2D eigenvalue weighted by atomic mass is 32.2. The molecule has 1 aliphatic heterocycles. The van der Waals surface area contributed by atoms with Crippen LogP contribution in [0.25, 0.3) is 5.65 Å². The number of aromatic nitrogens is 2. The van der Waals surface area contributed by atoms with E-state index in [-0.39, 0.29) is 42.8 Å². The summed E-state index contributed by atoms with van der Waals surface area (Å²) in [5.74, 6) is -4.17. The highest BCUT2D eigenvalue weighted by Gasteiger charge is 2.61. The predicted octanol–water partition coefficient (Wildman–Crippen LogP) is 2.54. The van der Waals surface area contributed by atoms with Gasteiger partial charge in [0.15, 0.2) is 0 Å². The number of hydrogen-bond donors (Lipinski definition) is 1. The number of imidazole rings is 1. The molecule has 2 unspecified atom stereocenters. The Labute approximate surface area is 177 Å². The minimum atomic E-state index is -3.82. The van der Waals surface area contributed by atoms with Gasteiger partial charge in [0.05, 0.1) is 10.5 Å². The summed E-state index contributed by atoms with van der Waals surface area (Å²) in [6.07, 6.45) is 4.83. The Morgan fingerprint density at radius 3 is 2.65 bits per heavy atom. The Hall–Kier alpha value is -2.85. The number of amides is 1. The van der Waals surface area contributed by atoms with Crippen LogP contribution in [0.2, 0.25) is 0 Å². The molecule has 2 fully saturated rings. The molecule has 3 heterocycles. The van der Waals surface area contributed by atoms with Gasteiger partial charge >= 0.3 is 0 Å². The first-order chi connectivity index (χ1) is 14.7. The molecule has 2 aromatic heterocycles. The molecule has 5 rings (SSSR count). The smallest absolute Gasteiger partial charge is 0.253 e. The number of nitrogens with zero attached hydrogens (tertiary/aromatic N) is 3. The summed E-state index contributed by atoms with van der Waals surface area (Å²) in [4.78, 5) is 16.6. The Morgan fingerprint density at radius 1 is 1.16 bits per heavy atom. The van der Waals surface area contributed by atoms with Crippen LogP contribution in [-0.4, -0.2) is 47.0 Å². The van der Waals surface area contributed by atoms with Crippen LogP contribution < -0.4 is 5.32 Å². The van der Waals surface area contributed by atoms with Crippen molar-refractivity contribution in [3.05, 3.63) is 66.1 Å². The van der Waals surface area contributed by atoms with Gasteiger partial charge in [-0.2, -0.15) is 4.31 Å². The average molecular weight is 446 g/mol. The summed E-state index contributed by atoms with van der Waals surface area (Å²) in [7, 11) is -3.82. The highest BCUT2D eigenvalue weighted by molar-refractivity contribution is 7.89. The van der Waals surface area contributed by atoms with Crippen LogP contribution in [0.15, 0.2) is 59.9 Å². The van der Waals surface area contributed by atoms with Crippen LogP contribution in [0.4, 0.5) is 8.78 Å². The molecule has 2 atom stereocenters. The van der Waals surface area contributed by atoms with Gasteiger partial charge < -0.3 is 9.72 Å². The number of rotatable bonds is 5. The molecule has 0 spiro atoms. The van der Waals surface area contributed by atoms with Gasteiger partial charge in [0.1, 0.15) is 5.65 Å². The number of halogens is 2. The largest absolute Gasteiger partial charge is 0.348 e. The molecule has 3 aromatic rings. The highest BCUT2D eigenvalue weighted by Crippen LogP contribution is 2.52. The van der Waals surface area contributed by atoms with Crippen LogP contribution in [-0.2, 0) is 16.6 Å². The monoisotopic (exact) mass is 446 g/mol. The lowest BCUT2D eigenvalue weighted by atomic mass is 9.72. The van der Waals surface area contributed by atoms with Crippen LogP contribution in [0.1, 0.15) is 22.3 Å². The van der Waals surface area contributed by atoms with Crippen molar-refractivity contribution in [3.8, 4) is 0 Å². The van der Waals surface area contributed by atoms with Crippen molar-refractivity contribution >= 4 is 21.6 Å². The summed E-state index contributed by atoms with van der Waals surface area (Å²) in [5, 5.41) is 2.80. The second-order valence-corrected chi connectivity index (χ2v) is 10.0. The number of carbonyl (C=O) groups excluding carboxylic acids is 1. The molecule has 2 aliphatic rings. The van der Waals surface area contributed by atoms with Gasteiger partial charge in [-0.1, -0.05) is 12.1 Å². The van der Waals surface area contributed by atoms with Gasteiger partial charge in [0, 0.05) is 50.6 Å². The number of alkyl halides is 2. The number of carbonyl (C=O) groups is 1. The molecule has 31 heavy (non-hydrogen) atoms. The Balaban J connectivity index is 1.23. The first kappa shape index (κ1) is 20.1. The molecule has 7 nitrogen and oxygen atoms in total. The van der Waals surface area contributed by atoms with E-state index in [0.29, 0.717) is 5.56 Å². The third-order valence-electron chi connectivity index (χ3n) is 6.15. The number of pyridine rings is 1. The summed E-state index contributed by atoms with van der Waals surface area (Å²) in [6, 6.07) is 9.56. The van der Waals surface area contributed by atoms with Crippen LogP contribution in [0.3, 0.4) is 0 Å². The Kier molecular flexibility index (Phi) is 4.60. The third-order valence-corrected chi connectivity index (χ3v) is 8.00. The van der Waals surface area contributed by atoms with E-state index >= 15 is 0 Å². The maximum Gasteiger partial charge on any atom is 0.253 e. The van der Waals surface area contributed by atoms with E-state index in [1.807, 2.05) is 0 Å². The van der Waals surface area contributed by atoms with Crippen molar-refractivity contribution in [2.45, 2.75) is 23.8 Å². The standard InChI is InChI=1S/C21H20F2N4O3S/c22-21(23)9-16-12-27(13-18(16)21)31(29,30)17-4-1-14(2-5-17)10-25-20(28)15-3-6-19-24-7-8-26(19)11-15/h1-8,11,16,18H,9-10,12-13H2,(H,25,28). The minimum Gasteiger partial charge on any atom is -0.348 e. The minimum absolute atomic E-state index is 0.0674. The SMILES string of the molecule is O=C(NCc1ccc(S(=O)(=O)N2CC3CC(F)(F)C3C2)cc1)c1ccc2nccn2c1. The van der Waals surface area contributed by atoms with E-state index in [4.69, 9.17) is 0 Å². The lowest BCUT2D eigenvalue weighted by molar-refractivity contribution is -0.152. The van der Waals surface area contributed by atoms with Crippen molar-refractivity contribution in [1.29, 1.82) is 0 Å². The van der Waals surface area contributed by atoms with Crippen LogP contribution in [0.5, 0.6) is 0 Å². The van der Waals surface area contributed by atoms with Crippen LogP contribution in [0, 0.1) is 11.8 Å². The number of benzene rings is 1. The molecule has 1 saturated carbocycles. The topological polar surface area (TPSA) is 83.8 Å². The van der Waals surface area contributed by atoms with E-state index in [2.05, 4.69) is 10.3 Å². The van der Waals surface area contributed by atoms with Gasteiger partial charge in [0.2, 0.25) is 10.0 Å². The molecule has 10 heteroatoms. The Morgan fingerprint density at radius 2 is 1.94 bits per heavy atom. The third kappa shape index (κ3) is 3.49. The van der Waals surface area contributed by atoms with Crippen LogP contribution >= 0.6 is 0 Å². The fraction of sp³-hybridized carbons (Fsp3) is 0.333. The fourth-order valence-electron chi connectivity index (χ4n) is 4.32. The van der Waals surface area contributed by atoms with Gasteiger partial charge in [-0.05, 0) is 35.7 Å². The number of sulfonamides is 1. The second kappa shape index (κ2) is 7.10. The first-order valence-corrected chi connectivity index (χ1v) is 11.4. The lowest BCUT2D eigenvalue weighted by Crippen LogP contribution is -2.46. The zero-order valence-corrected chi connectivity index (χ0v) is 17.2. The zero-order valence-electron chi connectivity index (χ0n) is 16.4. The molecule has 1 saturated heterocycles. The van der Waals surface area contributed by atoms with Gasteiger partial charge in [0.25, 0.3) is 11.8 Å². The van der Waals surface area contributed by atoms with E-state index in [1.54, 1.807) is 47.3 Å². The maximum absolute atomic E-state index is 13.6. The maximum atomic E-state index is 13.6. The fourth-order valence-corrected chi connectivity index (χ4v) is 5.84. The molecule has 1 aliphatic carbocycles. The van der Waals surface area contributed by atoms with Crippen molar-refractivity contribution in [2.24, 2.45) is 11.8 Å². The molecule has 0 radical (unpaired) electrons. The summed E-state index contributed by atoms with van der Waals surface area (Å²) >= 11 is 0. The predicted molar refractivity (Wildman–Crippen MR) is 108 cm³/mol. The van der Waals surface area contributed by atoms with E-state index < -0.39 is 21.9 Å². The molecule has 0 bridgehead atoms. The number of nitrogens with one attached hydrogen (secondary N) is 1. The number of hydrogen-bond acceptors (Lipinski definition) is 4. The normalized spacial score (nSPS) is 22.8. The van der Waals surface area contributed by atoms with E-state index in [1.165, 1.54) is 12.1 Å². The molecule has 1 aromatic carbocycles. The summed E-state index contributed by atoms with van der Waals surface area (Å²) in [6.45, 7) is 0.224. The molecular weight excluding hydrogens is 426 g/mol. The molecule has 162 valence electrons. The van der Waals surface area contributed by atoms with Gasteiger partial charge in [-0.15, -0.1) is 0 Å². The van der Waals surface area contributed by atoms with Crippen molar-refractivity contribution < 1.29 is 22.0 Å². The van der Waals surface area contributed by atoms with E-state index in [0.717, 1.165) is 15.5 Å². The van der Waals surface area contributed by atoms with Crippen molar-refractivity contribution in [3.63, 3.8) is 0 Å². The van der Waals surface area contributed by atoms with Crippen molar-refractivity contribution in [2.75, 3.05) is 13.1 Å². The van der Waals surface area contributed by atoms with E-state index in [9.17, 15) is 22.0 Å². The first-order valence-electron chi connectivity index (χ1n) is 9.92. The quantitative estimate of drug-likeness (QED) is 0.653. The molecule has 1 amide bonds. The summed E-state index contributed by atoms with van der Waals surface area (Å²) < 4.78 is 55.7. The second-order valence-electron chi connectivity index (χ2n) is 8.09. The van der Waals surface area contributed by atoms with Gasteiger partial charge in [-0.25, -0.2) is 22.2 Å². The molecule has 1 N–H and O–H groups in total. The molecular formula is C21H20F2N4O3S. The van der Waals surface area contributed by atoms with Crippen molar-refractivity contribution in [1.82, 2.24) is 19.0 Å². The zero-order chi connectivity index (χ0) is 21.8.